The van der Waals surface area contributed by atoms with Gasteiger partial charge in [0.1, 0.15) is 24.0 Å². The summed E-state index contributed by atoms with van der Waals surface area (Å²) in [5.41, 5.74) is 16.2. The molecule has 0 saturated heterocycles. The summed E-state index contributed by atoms with van der Waals surface area (Å²) in [5.74, 6) is 2.40. The molecule has 5 nitrogen and oxygen atoms in total. The van der Waals surface area contributed by atoms with Crippen molar-refractivity contribution in [2.75, 3.05) is 16.5 Å². The van der Waals surface area contributed by atoms with E-state index in [1.54, 1.807) is 0 Å². The van der Waals surface area contributed by atoms with E-state index in [0.29, 0.717) is 6.67 Å². The first-order valence-electron chi connectivity index (χ1n) is 25.8. The molecule has 0 N–H and O–H groups in total. The highest BCUT2D eigenvalue weighted by molar-refractivity contribution is 6.10. The molecule has 0 fully saturated rings. The molecule has 0 bridgehead atoms. The second-order valence-electron chi connectivity index (χ2n) is 23.1. The Morgan fingerprint density at radius 2 is 1.00 bits per heavy atom. The molecule has 1 aliphatic rings. The van der Waals surface area contributed by atoms with Crippen LogP contribution in [0.2, 0.25) is 0 Å². The van der Waals surface area contributed by atoms with Crippen LogP contribution in [-0.4, -0.2) is 16.2 Å². The summed E-state index contributed by atoms with van der Waals surface area (Å²) in [7, 11) is 0. The van der Waals surface area contributed by atoms with Crippen LogP contribution < -0.4 is 14.5 Å². The Balaban J connectivity index is 0.991. The number of anilines is 4. The molecule has 11 rings (SSSR count). The van der Waals surface area contributed by atoms with Gasteiger partial charge in [-0.2, -0.15) is 0 Å². The predicted octanol–water partition coefficient (Wildman–Crippen LogP) is 18.1. The van der Waals surface area contributed by atoms with Gasteiger partial charge in [-0.1, -0.05) is 184 Å². The summed E-state index contributed by atoms with van der Waals surface area (Å²) in [6.45, 7) is 23.6. The van der Waals surface area contributed by atoms with Gasteiger partial charge in [0.05, 0.1) is 22.4 Å². The molecular weight excluding hydrogens is 889 g/mol. The summed E-state index contributed by atoms with van der Waals surface area (Å²) in [6.07, 6.45) is 1.95. The summed E-state index contributed by atoms with van der Waals surface area (Å²) in [5, 5.41) is 2.36. The number of nitrogens with zero attached hydrogens (tertiary/aromatic N) is 4. The van der Waals surface area contributed by atoms with Crippen molar-refractivity contribution >= 4 is 44.6 Å². The maximum absolute atomic E-state index is 6.95. The zero-order chi connectivity index (χ0) is 50.9. The average Bonchev–Trinajstić information content (AvgIpc) is 3.94. The van der Waals surface area contributed by atoms with Crippen LogP contribution in [0.4, 0.5) is 22.7 Å². The molecule has 0 atom stereocenters. The largest absolute Gasteiger partial charge is 0.457 e. The number of pyridine rings is 1. The van der Waals surface area contributed by atoms with Gasteiger partial charge in [-0.15, -0.1) is 0 Å². The molecule has 0 unspecified atom stereocenters. The second-order valence-corrected chi connectivity index (χ2v) is 23.1. The van der Waals surface area contributed by atoms with Gasteiger partial charge in [0, 0.05) is 51.3 Å². The van der Waals surface area contributed by atoms with Crippen molar-refractivity contribution in [2.45, 2.75) is 90.9 Å². The van der Waals surface area contributed by atoms with Crippen molar-refractivity contribution in [1.82, 2.24) is 9.55 Å². The Hall–Kier alpha value is -7.89. The maximum Gasteiger partial charge on any atom is 0.137 e. The Kier molecular flexibility index (Phi) is 11.7. The third-order valence-electron chi connectivity index (χ3n) is 15.4. The third-order valence-corrected chi connectivity index (χ3v) is 15.4. The number of hydrogen-bond acceptors (Lipinski definition) is 4. The topological polar surface area (TPSA) is 33.5 Å². The van der Waals surface area contributed by atoms with Crippen LogP contribution in [0.25, 0.3) is 38.8 Å². The molecule has 2 aromatic heterocycles. The molecule has 0 spiro atoms. The summed E-state index contributed by atoms with van der Waals surface area (Å²) in [6, 6.07) is 72.9. The Morgan fingerprint density at radius 1 is 0.384 bits per heavy atom. The zero-order valence-corrected chi connectivity index (χ0v) is 44.0. The van der Waals surface area contributed by atoms with Gasteiger partial charge in [-0.25, -0.2) is 4.98 Å². The molecule has 73 heavy (non-hydrogen) atoms. The van der Waals surface area contributed by atoms with Crippen molar-refractivity contribution < 1.29 is 4.74 Å². The SMILES string of the molecule is CC(C)(C)c1ccc2c(c1)N(c1cccc(Oc3ccc4c5cc(C(C)(C)C)ccc5n(-c5cc(C(C)(C)c6ccccc6)ccn5)c4c3)c1)CN2c1cc(-c2ccccc2)cc(C(C)(C)c2ccccc2)c1. The molecule has 0 aliphatic carbocycles. The first kappa shape index (κ1) is 47.4. The summed E-state index contributed by atoms with van der Waals surface area (Å²) in [4.78, 5) is 9.98. The highest BCUT2D eigenvalue weighted by atomic mass is 16.5. The van der Waals surface area contributed by atoms with Gasteiger partial charge < -0.3 is 14.5 Å². The molecule has 0 saturated carbocycles. The maximum atomic E-state index is 6.95. The van der Waals surface area contributed by atoms with Gasteiger partial charge in [0.2, 0.25) is 0 Å². The van der Waals surface area contributed by atoms with Crippen LogP contribution in [0, 0.1) is 0 Å². The molecule has 1 aliphatic heterocycles. The lowest BCUT2D eigenvalue weighted by atomic mass is 9.77. The number of hydrogen-bond donors (Lipinski definition) is 0. The first-order valence-corrected chi connectivity index (χ1v) is 25.8. The van der Waals surface area contributed by atoms with Crippen molar-refractivity contribution in [2.24, 2.45) is 0 Å². The normalized spacial score (nSPS) is 13.2. The van der Waals surface area contributed by atoms with E-state index in [-0.39, 0.29) is 21.7 Å². The van der Waals surface area contributed by atoms with Gasteiger partial charge in [0.15, 0.2) is 0 Å². The minimum atomic E-state index is -0.239. The standard InChI is InChI=1S/C68H66N4O/c1-65(2,3)50-29-33-60-59(40-50)58-32-31-57(44-62(58)72(60)64-42-52(35-36-69-64)67(7,8)48-23-16-12-17-24-48)73-56-28-20-27-54(43-56)70-45-71(61-34-30-51(41-63(61)70)66(4,5)6)55-38-47(46-21-14-11-15-22-46)37-53(39-55)68(9,10)49-25-18-13-19-26-49/h11-44H,45H2,1-10H3. The van der Waals surface area contributed by atoms with Gasteiger partial charge in [0.25, 0.3) is 0 Å². The quantitative estimate of drug-likeness (QED) is 0.137. The van der Waals surface area contributed by atoms with E-state index in [1.807, 2.05) is 6.20 Å². The fourth-order valence-electron chi connectivity index (χ4n) is 10.7. The van der Waals surface area contributed by atoms with Crippen LogP contribution in [0.1, 0.15) is 103 Å². The lowest BCUT2D eigenvalue weighted by Gasteiger charge is -2.29. The average molecular weight is 955 g/mol. The Bertz CT molecular complexity index is 3650. The molecule has 10 aromatic rings. The van der Waals surface area contributed by atoms with Crippen LogP contribution >= 0.6 is 0 Å². The predicted molar refractivity (Wildman–Crippen MR) is 307 cm³/mol. The fourth-order valence-corrected chi connectivity index (χ4v) is 10.7. The van der Waals surface area contributed by atoms with E-state index in [0.717, 1.165) is 45.1 Å². The van der Waals surface area contributed by atoms with Crippen molar-refractivity contribution in [3.8, 4) is 28.4 Å². The van der Waals surface area contributed by atoms with Crippen LogP contribution in [-0.2, 0) is 21.7 Å². The van der Waals surface area contributed by atoms with Crippen LogP contribution in [0.15, 0.2) is 206 Å². The molecule has 0 radical (unpaired) electrons. The monoisotopic (exact) mass is 955 g/mol. The van der Waals surface area contributed by atoms with E-state index in [2.05, 4.69) is 284 Å². The molecule has 364 valence electrons. The van der Waals surface area contributed by atoms with E-state index in [4.69, 9.17) is 9.72 Å². The Morgan fingerprint density at radius 3 is 1.68 bits per heavy atom. The molecule has 5 heteroatoms. The van der Waals surface area contributed by atoms with E-state index in [9.17, 15) is 0 Å². The van der Waals surface area contributed by atoms with E-state index < -0.39 is 0 Å². The van der Waals surface area contributed by atoms with E-state index >= 15 is 0 Å². The van der Waals surface area contributed by atoms with Crippen molar-refractivity contribution in [3.05, 3.63) is 240 Å². The first-order chi connectivity index (χ1) is 34.9. The van der Waals surface area contributed by atoms with Crippen molar-refractivity contribution in [3.63, 3.8) is 0 Å². The number of rotatable bonds is 10. The second kappa shape index (κ2) is 18.0. The zero-order valence-electron chi connectivity index (χ0n) is 44.0. The third kappa shape index (κ3) is 8.86. The minimum Gasteiger partial charge on any atom is -0.457 e. The fraction of sp³-hybridized carbons (Fsp3) is 0.221. The smallest absolute Gasteiger partial charge is 0.137 e. The molecule has 0 amide bonds. The lowest BCUT2D eigenvalue weighted by Crippen LogP contribution is -2.25. The number of ether oxygens (including phenoxy) is 1. The Labute approximate surface area is 432 Å². The highest BCUT2D eigenvalue weighted by Gasteiger charge is 2.33. The minimum absolute atomic E-state index is 0.00974. The van der Waals surface area contributed by atoms with Crippen LogP contribution in [0.5, 0.6) is 11.5 Å². The van der Waals surface area contributed by atoms with Crippen LogP contribution in [0.3, 0.4) is 0 Å². The molecule has 3 heterocycles. The van der Waals surface area contributed by atoms with Gasteiger partial charge in [-0.05, 0) is 128 Å². The number of fused-ring (bicyclic) bond motifs is 4. The summed E-state index contributed by atoms with van der Waals surface area (Å²) >= 11 is 0. The number of benzene rings is 8. The van der Waals surface area contributed by atoms with Gasteiger partial charge >= 0.3 is 0 Å². The molecular formula is C68H66N4O. The summed E-state index contributed by atoms with van der Waals surface area (Å²) < 4.78 is 9.26. The number of aromatic nitrogens is 2. The molecule has 8 aromatic carbocycles. The van der Waals surface area contributed by atoms with Crippen molar-refractivity contribution in [1.29, 1.82) is 0 Å². The lowest BCUT2D eigenvalue weighted by molar-refractivity contribution is 0.483. The van der Waals surface area contributed by atoms with Gasteiger partial charge in [-0.3, -0.25) is 4.57 Å². The highest BCUT2D eigenvalue weighted by Crippen LogP contribution is 2.49. The van der Waals surface area contributed by atoms with E-state index in [1.165, 1.54) is 61.3 Å².